The van der Waals surface area contributed by atoms with E-state index in [9.17, 15) is 9.59 Å². The first-order valence-electron chi connectivity index (χ1n) is 12.9. The Bertz CT molecular complexity index is 884. The van der Waals surface area contributed by atoms with E-state index in [2.05, 4.69) is 78.0 Å². The lowest BCUT2D eigenvalue weighted by molar-refractivity contribution is -0.130. The van der Waals surface area contributed by atoms with E-state index in [1.807, 2.05) is 4.90 Å². The van der Waals surface area contributed by atoms with Crippen molar-refractivity contribution in [2.24, 2.45) is 0 Å². The summed E-state index contributed by atoms with van der Waals surface area (Å²) >= 11 is 0. The van der Waals surface area contributed by atoms with Crippen molar-refractivity contribution in [1.29, 1.82) is 0 Å². The van der Waals surface area contributed by atoms with Crippen LogP contribution >= 0.6 is 0 Å². The number of carbonyl (C=O) groups is 2. The quantitative estimate of drug-likeness (QED) is 0.238. The van der Waals surface area contributed by atoms with Crippen LogP contribution in [0, 0.1) is 0 Å². The number of nitrogens with zero attached hydrogens (tertiary/aromatic N) is 2. The van der Waals surface area contributed by atoms with Gasteiger partial charge in [0.2, 0.25) is 5.91 Å². The van der Waals surface area contributed by atoms with Crippen molar-refractivity contribution in [3.05, 3.63) is 90.9 Å². The average Bonchev–Trinajstić information content (AvgIpc) is 3.35. The van der Waals surface area contributed by atoms with Crippen LogP contribution in [0.2, 0.25) is 0 Å². The van der Waals surface area contributed by atoms with Crippen LogP contribution in [0.1, 0.15) is 75.1 Å². The second-order valence-corrected chi connectivity index (χ2v) is 8.64. The molecule has 0 aromatic carbocycles. The maximum Gasteiger partial charge on any atom is 0.253 e. The lowest BCUT2D eigenvalue weighted by Gasteiger charge is -2.17. The summed E-state index contributed by atoms with van der Waals surface area (Å²) in [4.78, 5) is 30.6. The Labute approximate surface area is 211 Å². The van der Waals surface area contributed by atoms with Crippen molar-refractivity contribution in [3.8, 4) is 0 Å². The molecule has 2 heterocycles. The molecule has 0 bridgehead atoms. The van der Waals surface area contributed by atoms with Crippen molar-refractivity contribution in [1.82, 2.24) is 15.2 Å². The number of unbranched alkanes of at least 4 members (excludes halogenated alkanes) is 1. The maximum absolute atomic E-state index is 12.5. The summed E-state index contributed by atoms with van der Waals surface area (Å²) in [6, 6.07) is 3.50. The molecule has 1 N–H and O–H groups in total. The summed E-state index contributed by atoms with van der Waals surface area (Å²) in [5.41, 5.74) is 0.550. The van der Waals surface area contributed by atoms with Gasteiger partial charge in [-0.15, -0.1) is 0 Å². The van der Waals surface area contributed by atoms with Crippen molar-refractivity contribution in [3.63, 3.8) is 0 Å². The van der Waals surface area contributed by atoms with Crippen LogP contribution in [0.4, 0.5) is 0 Å². The van der Waals surface area contributed by atoms with Gasteiger partial charge in [-0.3, -0.25) is 14.6 Å². The smallest absolute Gasteiger partial charge is 0.253 e. The van der Waals surface area contributed by atoms with Crippen LogP contribution < -0.4 is 5.32 Å². The van der Waals surface area contributed by atoms with E-state index < -0.39 is 0 Å². The second-order valence-electron chi connectivity index (χ2n) is 8.64. The molecule has 0 spiro atoms. The van der Waals surface area contributed by atoms with Gasteiger partial charge in [-0.05, 0) is 63.5 Å². The number of aromatic nitrogens is 1. The van der Waals surface area contributed by atoms with Crippen molar-refractivity contribution in [2.45, 2.75) is 70.8 Å². The number of hydrogen-bond donors (Lipinski definition) is 1. The molecule has 2 amide bonds. The van der Waals surface area contributed by atoms with E-state index in [0.717, 1.165) is 51.4 Å². The number of pyridine rings is 1. The molecule has 0 saturated carbocycles. The summed E-state index contributed by atoms with van der Waals surface area (Å²) in [5.74, 6) is 0.0475. The fraction of sp³-hybridized carbons (Fsp3) is 0.433. The number of likely N-dealkylation sites (tertiary alicyclic amines) is 1. The summed E-state index contributed by atoms with van der Waals surface area (Å²) in [5, 5.41) is 3.01. The molecule has 1 aliphatic rings. The van der Waals surface area contributed by atoms with E-state index in [4.69, 9.17) is 0 Å². The topological polar surface area (TPSA) is 62.3 Å². The Morgan fingerprint density at radius 3 is 2.20 bits per heavy atom. The normalized spacial score (nSPS) is 16.6. The molecule has 35 heavy (non-hydrogen) atoms. The van der Waals surface area contributed by atoms with Gasteiger partial charge in [0, 0.05) is 37.9 Å². The number of hydrogen-bond acceptors (Lipinski definition) is 3. The van der Waals surface area contributed by atoms with Gasteiger partial charge in [-0.25, -0.2) is 0 Å². The highest BCUT2D eigenvalue weighted by molar-refractivity contribution is 5.94. The van der Waals surface area contributed by atoms with Crippen LogP contribution in [0.25, 0.3) is 0 Å². The molecule has 5 nitrogen and oxygen atoms in total. The third kappa shape index (κ3) is 12.7. The highest BCUT2D eigenvalue weighted by atomic mass is 16.2. The molecule has 1 aromatic heterocycles. The number of allylic oxidation sites excluding steroid dienone is 10. The zero-order valence-electron chi connectivity index (χ0n) is 21.1. The number of carbonyl (C=O) groups excluding carboxylic acids is 2. The number of rotatable bonds is 15. The van der Waals surface area contributed by atoms with Gasteiger partial charge in [-0.2, -0.15) is 0 Å². The molecular weight excluding hydrogens is 434 g/mol. The van der Waals surface area contributed by atoms with Gasteiger partial charge >= 0.3 is 0 Å². The first-order valence-corrected chi connectivity index (χ1v) is 12.9. The van der Waals surface area contributed by atoms with Crippen LogP contribution in [0.3, 0.4) is 0 Å². The zero-order valence-corrected chi connectivity index (χ0v) is 21.1. The first-order chi connectivity index (χ1) is 17.2. The van der Waals surface area contributed by atoms with Gasteiger partial charge in [0.05, 0.1) is 5.56 Å². The summed E-state index contributed by atoms with van der Waals surface area (Å²) in [7, 11) is 0. The molecule has 0 radical (unpaired) electrons. The Hall–Kier alpha value is -3.21. The maximum atomic E-state index is 12.5. The molecule has 1 atom stereocenters. The van der Waals surface area contributed by atoms with Crippen molar-refractivity contribution >= 4 is 11.8 Å². The van der Waals surface area contributed by atoms with Crippen LogP contribution in [-0.4, -0.2) is 40.8 Å². The van der Waals surface area contributed by atoms with Crippen LogP contribution in [0.15, 0.2) is 85.3 Å². The highest BCUT2D eigenvalue weighted by Crippen LogP contribution is 2.13. The Morgan fingerprint density at radius 1 is 0.971 bits per heavy atom. The molecule has 0 aliphatic carbocycles. The van der Waals surface area contributed by atoms with E-state index in [-0.39, 0.29) is 17.9 Å². The molecule has 1 saturated heterocycles. The average molecular weight is 476 g/mol. The molecule has 5 heteroatoms. The van der Waals surface area contributed by atoms with E-state index in [1.54, 1.807) is 24.5 Å². The Morgan fingerprint density at radius 2 is 1.60 bits per heavy atom. The zero-order chi connectivity index (χ0) is 25.0. The van der Waals surface area contributed by atoms with Gasteiger partial charge in [-0.1, -0.05) is 67.7 Å². The monoisotopic (exact) mass is 475 g/mol. The molecule has 1 unspecified atom stereocenters. The lowest BCUT2D eigenvalue weighted by atomic mass is 10.2. The molecule has 1 fully saturated rings. The fourth-order valence-electron chi connectivity index (χ4n) is 3.77. The van der Waals surface area contributed by atoms with Gasteiger partial charge < -0.3 is 10.2 Å². The Balaban J connectivity index is 1.48. The minimum absolute atomic E-state index is 0.0117. The standard InChI is InChI=1S/C30H41N3O2/c1-2-3-4-5-6-7-8-9-10-11-12-13-14-15-16-17-18-21-29(34)33-24-22-28(26-33)32-30(35)27-20-19-23-31-25-27/h3-4,6-7,9-10,12-13,15-16,19-20,23,25,28H,2,5,8,11,14,17-18,21-22,24,26H2,1H3,(H,32,35). The number of amides is 2. The van der Waals surface area contributed by atoms with Gasteiger partial charge in [0.1, 0.15) is 0 Å². The van der Waals surface area contributed by atoms with Gasteiger partial charge in [0.25, 0.3) is 5.91 Å². The molecule has 2 rings (SSSR count). The van der Waals surface area contributed by atoms with Crippen LogP contribution in [0.5, 0.6) is 0 Å². The predicted octanol–water partition coefficient (Wildman–Crippen LogP) is 6.33. The molecule has 188 valence electrons. The lowest BCUT2D eigenvalue weighted by Crippen LogP contribution is -2.38. The summed E-state index contributed by atoms with van der Waals surface area (Å²) in [6.07, 6.45) is 33.2. The van der Waals surface area contributed by atoms with Crippen molar-refractivity contribution in [2.75, 3.05) is 13.1 Å². The second kappa shape index (κ2) is 18.2. The summed E-state index contributed by atoms with van der Waals surface area (Å²) in [6.45, 7) is 3.45. The van der Waals surface area contributed by atoms with Crippen molar-refractivity contribution < 1.29 is 9.59 Å². The minimum Gasteiger partial charge on any atom is -0.347 e. The third-order valence-electron chi connectivity index (χ3n) is 5.72. The van der Waals surface area contributed by atoms with Gasteiger partial charge in [0.15, 0.2) is 0 Å². The summed E-state index contributed by atoms with van der Waals surface area (Å²) < 4.78 is 0. The largest absolute Gasteiger partial charge is 0.347 e. The minimum atomic E-state index is -0.129. The molecule has 1 aliphatic heterocycles. The highest BCUT2D eigenvalue weighted by Gasteiger charge is 2.27. The van der Waals surface area contributed by atoms with E-state index in [1.165, 1.54) is 0 Å². The first kappa shape index (κ1) is 28.0. The third-order valence-corrected chi connectivity index (χ3v) is 5.72. The predicted molar refractivity (Wildman–Crippen MR) is 145 cm³/mol. The molecule has 1 aromatic rings. The van der Waals surface area contributed by atoms with E-state index >= 15 is 0 Å². The fourth-order valence-corrected chi connectivity index (χ4v) is 3.77. The SMILES string of the molecule is CCC=CCC=CCC=CCC=CCC=CCCCC(=O)N1CCC(NC(=O)c2cccnc2)C1. The van der Waals surface area contributed by atoms with E-state index in [0.29, 0.717) is 25.1 Å². The Kier molecular flexibility index (Phi) is 14.5. The van der Waals surface area contributed by atoms with Crippen LogP contribution in [-0.2, 0) is 4.79 Å². The molecular formula is C30H41N3O2. The number of nitrogens with one attached hydrogen (secondary N) is 1.